The van der Waals surface area contributed by atoms with Crippen molar-refractivity contribution in [3.8, 4) is 11.1 Å². The number of ether oxygens (including phenoxy) is 1. The summed E-state index contributed by atoms with van der Waals surface area (Å²) < 4.78 is 5.59. The molecule has 0 spiro atoms. The topological polar surface area (TPSA) is 116 Å². The van der Waals surface area contributed by atoms with Gasteiger partial charge in [0.1, 0.15) is 12.6 Å². The van der Waals surface area contributed by atoms with Gasteiger partial charge >= 0.3 is 12.1 Å². The minimum atomic E-state index is -1.14. The van der Waals surface area contributed by atoms with Crippen molar-refractivity contribution in [1.82, 2.24) is 10.2 Å². The van der Waals surface area contributed by atoms with Crippen molar-refractivity contribution in [3.63, 3.8) is 0 Å². The number of aliphatic hydroxyl groups is 1. The number of aliphatic carboxylic acids is 1. The van der Waals surface area contributed by atoms with Crippen LogP contribution in [-0.2, 0) is 14.3 Å². The van der Waals surface area contributed by atoms with E-state index in [0.29, 0.717) is 6.42 Å². The minimum Gasteiger partial charge on any atom is -0.480 e. The molecule has 1 aliphatic carbocycles. The number of likely N-dealkylation sites (tertiary alicyclic amines) is 1. The molecule has 8 nitrogen and oxygen atoms in total. The van der Waals surface area contributed by atoms with Gasteiger partial charge in [-0.15, -0.1) is 0 Å². The van der Waals surface area contributed by atoms with E-state index in [1.54, 1.807) is 0 Å². The molecule has 2 amide bonds. The molecule has 4 rings (SSSR count). The standard InChI is InChI=1S/C26H30N2O6/c1-2-7-16(12-24(30)28-14-17(29)13-23(28)25(31)32)27-26(33)34-15-22-20-10-5-3-8-18(20)19-9-4-6-11-21(19)22/h3-6,8-11,16-17,22-23,29H,2,7,12-15H2,1H3,(H,27,33)(H,31,32)/t16-,17?,23-/m0/s1. The molecule has 0 aromatic heterocycles. The third-order valence-corrected chi connectivity index (χ3v) is 6.61. The molecular weight excluding hydrogens is 436 g/mol. The molecule has 0 radical (unpaired) electrons. The molecule has 3 N–H and O–H groups in total. The minimum absolute atomic E-state index is 0.0132. The Bertz CT molecular complexity index is 1030. The van der Waals surface area contributed by atoms with Gasteiger partial charge in [0.2, 0.25) is 5.91 Å². The smallest absolute Gasteiger partial charge is 0.407 e. The molecule has 1 aliphatic heterocycles. The molecule has 34 heavy (non-hydrogen) atoms. The Balaban J connectivity index is 1.37. The molecule has 180 valence electrons. The van der Waals surface area contributed by atoms with Gasteiger partial charge in [-0.05, 0) is 28.7 Å². The van der Waals surface area contributed by atoms with Crippen molar-refractivity contribution in [2.45, 2.75) is 56.7 Å². The summed E-state index contributed by atoms with van der Waals surface area (Å²) in [5.41, 5.74) is 4.51. The van der Waals surface area contributed by atoms with Crippen LogP contribution in [0, 0.1) is 0 Å². The highest BCUT2D eigenvalue weighted by atomic mass is 16.5. The Labute approximate surface area is 198 Å². The van der Waals surface area contributed by atoms with Gasteiger partial charge in [-0.25, -0.2) is 9.59 Å². The number of nitrogens with zero attached hydrogens (tertiary/aromatic N) is 1. The number of nitrogens with one attached hydrogen (secondary N) is 1. The summed E-state index contributed by atoms with van der Waals surface area (Å²) >= 11 is 0. The Kier molecular flexibility index (Phi) is 7.17. The molecule has 2 aromatic rings. The molecular formula is C26H30N2O6. The van der Waals surface area contributed by atoms with E-state index in [1.165, 1.54) is 4.90 Å². The largest absolute Gasteiger partial charge is 0.480 e. The molecule has 1 fully saturated rings. The number of hydrogen-bond donors (Lipinski definition) is 3. The predicted octanol–water partition coefficient (Wildman–Crippen LogP) is 3.13. The number of alkyl carbamates (subject to hydrolysis) is 1. The lowest BCUT2D eigenvalue weighted by Gasteiger charge is -2.25. The highest BCUT2D eigenvalue weighted by molar-refractivity contribution is 5.85. The van der Waals surface area contributed by atoms with E-state index in [2.05, 4.69) is 17.4 Å². The summed E-state index contributed by atoms with van der Waals surface area (Å²) in [6.07, 6.45) is -0.223. The van der Waals surface area contributed by atoms with E-state index >= 15 is 0 Å². The molecule has 8 heteroatoms. The van der Waals surface area contributed by atoms with Crippen LogP contribution in [0.15, 0.2) is 48.5 Å². The number of carbonyl (C=O) groups is 3. The van der Waals surface area contributed by atoms with Crippen molar-refractivity contribution < 1.29 is 29.3 Å². The molecule has 0 saturated carbocycles. The Morgan fingerprint density at radius 2 is 1.71 bits per heavy atom. The molecule has 3 atom stereocenters. The quantitative estimate of drug-likeness (QED) is 0.551. The Hall–Kier alpha value is -3.39. The summed E-state index contributed by atoms with van der Waals surface area (Å²) in [5, 5.41) is 21.9. The fourth-order valence-electron chi connectivity index (χ4n) is 5.03. The van der Waals surface area contributed by atoms with Gasteiger partial charge in [0.05, 0.1) is 6.10 Å². The average molecular weight is 467 g/mol. The number of carbonyl (C=O) groups excluding carboxylic acids is 2. The number of β-amino-alcohol motifs (C(OH)–C–C–N with tert-alkyl or cyclic N) is 1. The maximum atomic E-state index is 12.8. The number of aliphatic hydroxyl groups excluding tert-OH is 1. The predicted molar refractivity (Wildman–Crippen MR) is 125 cm³/mol. The molecule has 1 saturated heterocycles. The number of carboxylic acids is 1. The summed E-state index contributed by atoms with van der Waals surface area (Å²) in [6, 6.07) is 14.6. The van der Waals surface area contributed by atoms with Crippen LogP contribution >= 0.6 is 0 Å². The first-order valence-electron chi connectivity index (χ1n) is 11.7. The van der Waals surface area contributed by atoms with Crippen molar-refractivity contribution in [1.29, 1.82) is 0 Å². The second-order valence-corrected chi connectivity index (χ2v) is 8.95. The van der Waals surface area contributed by atoms with E-state index in [4.69, 9.17) is 4.74 Å². The van der Waals surface area contributed by atoms with Crippen molar-refractivity contribution in [2.75, 3.05) is 13.2 Å². The number of amides is 2. The summed E-state index contributed by atoms with van der Waals surface area (Å²) in [5.74, 6) is -1.60. The zero-order chi connectivity index (χ0) is 24.2. The lowest BCUT2D eigenvalue weighted by atomic mass is 9.98. The molecule has 0 bridgehead atoms. The average Bonchev–Trinajstić information content (AvgIpc) is 3.36. The number of fused-ring (bicyclic) bond motifs is 3. The second-order valence-electron chi connectivity index (χ2n) is 8.95. The summed E-state index contributed by atoms with van der Waals surface area (Å²) in [7, 11) is 0. The second kappa shape index (κ2) is 10.3. The van der Waals surface area contributed by atoms with Crippen LogP contribution in [-0.4, -0.2) is 64.4 Å². The van der Waals surface area contributed by atoms with Gasteiger partial charge in [-0.1, -0.05) is 61.9 Å². The Morgan fingerprint density at radius 3 is 2.29 bits per heavy atom. The van der Waals surface area contributed by atoms with Crippen LogP contribution in [0.5, 0.6) is 0 Å². The number of carboxylic acid groups (broad SMARTS) is 1. The van der Waals surface area contributed by atoms with Crippen molar-refractivity contribution >= 4 is 18.0 Å². The normalized spacial score (nSPS) is 19.9. The van der Waals surface area contributed by atoms with Gasteiger partial charge in [0.15, 0.2) is 0 Å². The fraction of sp³-hybridized carbons (Fsp3) is 0.423. The van der Waals surface area contributed by atoms with Crippen LogP contribution in [0.25, 0.3) is 11.1 Å². The van der Waals surface area contributed by atoms with E-state index in [1.807, 2.05) is 43.3 Å². The van der Waals surface area contributed by atoms with Crippen LogP contribution in [0.1, 0.15) is 49.7 Å². The lowest BCUT2D eigenvalue weighted by Crippen LogP contribution is -2.45. The van der Waals surface area contributed by atoms with Gasteiger partial charge in [-0.2, -0.15) is 0 Å². The van der Waals surface area contributed by atoms with Gasteiger partial charge < -0.3 is 25.2 Å². The lowest BCUT2D eigenvalue weighted by molar-refractivity contribution is -0.148. The first kappa shape index (κ1) is 23.8. The van der Waals surface area contributed by atoms with E-state index in [0.717, 1.165) is 28.7 Å². The van der Waals surface area contributed by atoms with E-state index in [-0.39, 0.29) is 31.9 Å². The summed E-state index contributed by atoms with van der Waals surface area (Å²) in [6.45, 7) is 2.10. The molecule has 1 unspecified atom stereocenters. The molecule has 2 aromatic carbocycles. The van der Waals surface area contributed by atoms with Crippen molar-refractivity contribution in [2.24, 2.45) is 0 Å². The van der Waals surface area contributed by atoms with Crippen LogP contribution < -0.4 is 5.32 Å². The maximum absolute atomic E-state index is 12.8. The molecule has 1 heterocycles. The van der Waals surface area contributed by atoms with Crippen LogP contribution in [0.2, 0.25) is 0 Å². The van der Waals surface area contributed by atoms with Gasteiger partial charge in [-0.3, -0.25) is 4.79 Å². The third kappa shape index (κ3) is 4.92. The molecule has 2 aliphatic rings. The SMILES string of the molecule is CCC[C@@H](CC(=O)N1CC(O)C[C@H]1C(=O)O)NC(=O)OCC1c2ccccc2-c2ccccc21. The van der Waals surface area contributed by atoms with E-state index < -0.39 is 36.2 Å². The van der Waals surface area contributed by atoms with Gasteiger partial charge in [0, 0.05) is 31.3 Å². The van der Waals surface area contributed by atoms with Crippen LogP contribution in [0.3, 0.4) is 0 Å². The maximum Gasteiger partial charge on any atom is 0.407 e. The zero-order valence-corrected chi connectivity index (χ0v) is 19.1. The Morgan fingerprint density at radius 1 is 1.09 bits per heavy atom. The van der Waals surface area contributed by atoms with Gasteiger partial charge in [0.25, 0.3) is 0 Å². The monoisotopic (exact) mass is 466 g/mol. The summed E-state index contributed by atoms with van der Waals surface area (Å²) in [4.78, 5) is 38.0. The fourth-order valence-corrected chi connectivity index (χ4v) is 5.03. The first-order chi connectivity index (χ1) is 16.4. The zero-order valence-electron chi connectivity index (χ0n) is 19.1. The number of rotatable bonds is 8. The highest BCUT2D eigenvalue weighted by Crippen LogP contribution is 2.44. The highest BCUT2D eigenvalue weighted by Gasteiger charge is 2.39. The van der Waals surface area contributed by atoms with E-state index in [9.17, 15) is 24.6 Å². The third-order valence-electron chi connectivity index (χ3n) is 6.61. The number of hydrogen-bond acceptors (Lipinski definition) is 5. The van der Waals surface area contributed by atoms with Crippen molar-refractivity contribution in [3.05, 3.63) is 59.7 Å². The van der Waals surface area contributed by atoms with Crippen LogP contribution in [0.4, 0.5) is 4.79 Å². The first-order valence-corrected chi connectivity index (χ1v) is 11.7. The number of benzene rings is 2.